The number of halogens is 3. The Balaban J connectivity index is 0.000000345. The van der Waals surface area contributed by atoms with Crippen molar-refractivity contribution >= 4 is 11.9 Å². The molecule has 28 heavy (non-hydrogen) atoms. The third kappa shape index (κ3) is 6.16. The van der Waals surface area contributed by atoms with Gasteiger partial charge in [-0.05, 0) is 24.0 Å². The van der Waals surface area contributed by atoms with Gasteiger partial charge in [0.1, 0.15) is 0 Å². The first kappa shape index (κ1) is 22.1. The van der Waals surface area contributed by atoms with Crippen LogP contribution in [-0.2, 0) is 20.9 Å². The number of carboxylic acid groups (broad SMARTS) is 1. The molecule has 1 amide bonds. The number of carbonyl (C=O) groups excluding carboxylic acids is 1. The molecule has 3 rings (SSSR count). The molecular weight excluding hydrogens is 379 g/mol. The van der Waals surface area contributed by atoms with Crippen molar-refractivity contribution in [3.8, 4) is 0 Å². The second-order valence-corrected chi connectivity index (χ2v) is 6.83. The zero-order valence-corrected chi connectivity index (χ0v) is 15.6. The summed E-state index contributed by atoms with van der Waals surface area (Å²) >= 11 is 0. The predicted molar refractivity (Wildman–Crippen MR) is 93.3 cm³/mol. The lowest BCUT2D eigenvalue weighted by atomic mass is 9.88. The summed E-state index contributed by atoms with van der Waals surface area (Å²) in [4.78, 5) is 30.0. The molecule has 0 aliphatic carbocycles. The highest BCUT2D eigenvalue weighted by atomic mass is 19.4. The summed E-state index contributed by atoms with van der Waals surface area (Å²) in [5, 5.41) is 7.12. The van der Waals surface area contributed by atoms with Crippen molar-refractivity contribution in [2.75, 3.05) is 39.9 Å². The average Bonchev–Trinajstić information content (AvgIpc) is 3.05. The molecule has 10 heteroatoms. The van der Waals surface area contributed by atoms with E-state index in [9.17, 15) is 18.0 Å². The van der Waals surface area contributed by atoms with Gasteiger partial charge in [-0.25, -0.2) is 4.79 Å². The van der Waals surface area contributed by atoms with E-state index < -0.39 is 12.1 Å². The molecule has 1 aromatic rings. The zero-order valence-electron chi connectivity index (χ0n) is 15.6. The Labute approximate surface area is 161 Å². The molecule has 0 spiro atoms. The first-order valence-corrected chi connectivity index (χ1v) is 8.91. The summed E-state index contributed by atoms with van der Waals surface area (Å²) < 4.78 is 36.8. The topological polar surface area (TPSA) is 83.0 Å². The Hall–Kier alpha value is -2.20. The number of hydrogen-bond donors (Lipinski definition) is 1. The molecule has 2 aliphatic rings. The van der Waals surface area contributed by atoms with E-state index in [1.807, 2.05) is 17.2 Å². The van der Waals surface area contributed by atoms with Crippen molar-refractivity contribution in [3.63, 3.8) is 0 Å². The highest BCUT2D eigenvalue weighted by Gasteiger charge is 2.42. The zero-order chi connectivity index (χ0) is 20.7. The fourth-order valence-corrected chi connectivity index (χ4v) is 3.50. The summed E-state index contributed by atoms with van der Waals surface area (Å²) in [6.45, 7) is 5.03. The van der Waals surface area contributed by atoms with E-state index in [-0.39, 0.29) is 5.92 Å². The number of aromatic nitrogens is 1. The second-order valence-electron chi connectivity index (χ2n) is 6.83. The number of aliphatic carboxylic acids is 1. The molecule has 2 fully saturated rings. The van der Waals surface area contributed by atoms with E-state index in [1.165, 1.54) is 5.56 Å². The lowest BCUT2D eigenvalue weighted by Crippen LogP contribution is -2.46. The highest BCUT2D eigenvalue weighted by Crippen LogP contribution is 2.32. The molecule has 156 valence electrons. The third-order valence-corrected chi connectivity index (χ3v) is 4.85. The molecule has 0 aromatic carbocycles. The number of piperidine rings is 1. The van der Waals surface area contributed by atoms with Gasteiger partial charge in [-0.15, -0.1) is 0 Å². The highest BCUT2D eigenvalue weighted by molar-refractivity contribution is 5.80. The first-order valence-electron chi connectivity index (χ1n) is 8.91. The van der Waals surface area contributed by atoms with Crippen molar-refractivity contribution in [2.45, 2.75) is 19.1 Å². The van der Waals surface area contributed by atoms with Gasteiger partial charge in [0.15, 0.2) is 0 Å². The van der Waals surface area contributed by atoms with Crippen molar-refractivity contribution in [1.82, 2.24) is 14.8 Å². The Kier molecular flexibility index (Phi) is 7.76. The number of likely N-dealkylation sites (tertiary alicyclic amines) is 2. The number of amides is 1. The van der Waals surface area contributed by atoms with Crippen LogP contribution in [0.25, 0.3) is 0 Å². The minimum atomic E-state index is -5.08. The normalized spacial score (nSPS) is 22.4. The van der Waals surface area contributed by atoms with E-state index in [1.54, 1.807) is 13.3 Å². The smallest absolute Gasteiger partial charge is 0.475 e. The summed E-state index contributed by atoms with van der Waals surface area (Å²) in [7, 11) is 1.68. The Morgan fingerprint density at radius 3 is 2.68 bits per heavy atom. The molecule has 3 heterocycles. The number of methoxy groups -OCH3 is 1. The Morgan fingerprint density at radius 1 is 1.39 bits per heavy atom. The number of nitrogens with zero attached hydrogens (tertiary/aromatic N) is 3. The van der Waals surface area contributed by atoms with Crippen LogP contribution in [0.15, 0.2) is 24.5 Å². The van der Waals surface area contributed by atoms with Crippen LogP contribution < -0.4 is 0 Å². The maximum atomic E-state index is 12.5. The average molecular weight is 403 g/mol. The maximum absolute atomic E-state index is 12.5. The summed E-state index contributed by atoms with van der Waals surface area (Å²) in [5.41, 5.74) is 1.22. The van der Waals surface area contributed by atoms with Crippen molar-refractivity contribution in [1.29, 1.82) is 0 Å². The van der Waals surface area contributed by atoms with Gasteiger partial charge in [-0.2, -0.15) is 13.2 Å². The van der Waals surface area contributed by atoms with E-state index in [2.05, 4.69) is 16.0 Å². The largest absolute Gasteiger partial charge is 0.490 e. The predicted octanol–water partition coefficient (Wildman–Crippen LogP) is 1.64. The van der Waals surface area contributed by atoms with E-state index in [4.69, 9.17) is 14.6 Å². The number of carbonyl (C=O) groups is 2. The minimum Gasteiger partial charge on any atom is -0.475 e. The molecule has 1 aromatic heterocycles. The van der Waals surface area contributed by atoms with Crippen LogP contribution in [-0.4, -0.2) is 77.8 Å². The SMILES string of the molecule is COCCN1CC[C@H]2CN(Cc3cccnc3)C[C@@H]2C1=O.O=C(O)C(F)(F)F. The molecule has 2 saturated heterocycles. The van der Waals surface area contributed by atoms with Crippen LogP contribution in [0.4, 0.5) is 13.2 Å². The van der Waals surface area contributed by atoms with Crippen LogP contribution in [0.2, 0.25) is 0 Å². The van der Waals surface area contributed by atoms with Gasteiger partial charge in [0, 0.05) is 52.2 Å². The minimum absolute atomic E-state index is 0.173. The molecule has 0 unspecified atom stereocenters. The second kappa shape index (κ2) is 9.83. The third-order valence-electron chi connectivity index (χ3n) is 4.85. The molecule has 0 radical (unpaired) electrons. The van der Waals surface area contributed by atoms with Crippen molar-refractivity contribution in [2.24, 2.45) is 11.8 Å². The monoisotopic (exact) mass is 403 g/mol. The Bertz CT molecular complexity index is 657. The van der Waals surface area contributed by atoms with Gasteiger partial charge >= 0.3 is 12.1 Å². The number of hydrogen-bond acceptors (Lipinski definition) is 5. The van der Waals surface area contributed by atoms with E-state index in [0.29, 0.717) is 18.4 Å². The van der Waals surface area contributed by atoms with Crippen LogP contribution in [0.3, 0.4) is 0 Å². The van der Waals surface area contributed by atoms with Crippen LogP contribution >= 0.6 is 0 Å². The number of pyridine rings is 1. The van der Waals surface area contributed by atoms with Gasteiger partial charge in [0.2, 0.25) is 5.91 Å². The van der Waals surface area contributed by atoms with Gasteiger partial charge < -0.3 is 14.7 Å². The van der Waals surface area contributed by atoms with Gasteiger partial charge in [-0.1, -0.05) is 6.07 Å². The van der Waals surface area contributed by atoms with Gasteiger partial charge in [0.25, 0.3) is 0 Å². The van der Waals surface area contributed by atoms with Gasteiger partial charge in [0.05, 0.1) is 12.5 Å². The maximum Gasteiger partial charge on any atom is 0.490 e. The quantitative estimate of drug-likeness (QED) is 0.805. The number of fused-ring (bicyclic) bond motifs is 1. The molecule has 1 N–H and O–H groups in total. The number of carboxylic acids is 1. The first-order chi connectivity index (χ1) is 13.2. The summed E-state index contributed by atoms with van der Waals surface area (Å²) in [5.74, 6) is -1.75. The summed E-state index contributed by atoms with van der Waals surface area (Å²) in [6, 6.07) is 4.07. The molecule has 2 atom stereocenters. The molecular formula is C18H24F3N3O4. The van der Waals surface area contributed by atoms with Crippen molar-refractivity contribution < 1.29 is 32.6 Å². The lowest BCUT2D eigenvalue weighted by molar-refractivity contribution is -0.192. The van der Waals surface area contributed by atoms with Crippen molar-refractivity contribution in [3.05, 3.63) is 30.1 Å². The van der Waals surface area contributed by atoms with Crippen LogP contribution in [0, 0.1) is 11.8 Å². The number of alkyl halides is 3. The fraction of sp³-hybridized carbons (Fsp3) is 0.611. The van der Waals surface area contributed by atoms with E-state index >= 15 is 0 Å². The Morgan fingerprint density at radius 2 is 2.11 bits per heavy atom. The molecule has 2 aliphatic heterocycles. The molecule has 7 nitrogen and oxygen atoms in total. The van der Waals surface area contributed by atoms with Crippen LogP contribution in [0.1, 0.15) is 12.0 Å². The summed E-state index contributed by atoms with van der Waals surface area (Å²) in [6.07, 6.45) is -0.261. The van der Waals surface area contributed by atoms with Gasteiger partial charge in [-0.3, -0.25) is 14.7 Å². The van der Waals surface area contributed by atoms with E-state index in [0.717, 1.165) is 39.1 Å². The lowest BCUT2D eigenvalue weighted by Gasteiger charge is -2.33. The number of rotatable bonds is 5. The van der Waals surface area contributed by atoms with Crippen LogP contribution in [0.5, 0.6) is 0 Å². The fourth-order valence-electron chi connectivity index (χ4n) is 3.50. The molecule has 0 bridgehead atoms. The number of ether oxygens (including phenoxy) is 1. The standard InChI is InChI=1S/C16H23N3O2.C2HF3O2/c1-21-8-7-19-6-4-14-11-18(12-15(14)16(19)20)10-13-3-2-5-17-9-13;3-2(4,5)1(6)7/h2-3,5,9,14-15H,4,6-8,10-12H2,1H3;(H,6,7)/t14-,15-;/m0./s1. The molecule has 0 saturated carbocycles.